The fraction of sp³-hybridized carbons (Fsp3) is 0.208. The van der Waals surface area contributed by atoms with Crippen molar-refractivity contribution in [2.24, 2.45) is 0 Å². The van der Waals surface area contributed by atoms with Crippen LogP contribution in [0.5, 0.6) is 5.75 Å². The number of H-pyrrole nitrogens is 1. The molecule has 2 aromatic carbocycles. The molecule has 3 heterocycles. The van der Waals surface area contributed by atoms with E-state index in [1.54, 1.807) is 41.3 Å². The van der Waals surface area contributed by atoms with Crippen molar-refractivity contribution in [2.75, 3.05) is 19.6 Å². The van der Waals surface area contributed by atoms with E-state index in [0.717, 1.165) is 16.8 Å². The molecule has 1 amide bonds. The minimum atomic E-state index is -0.327. The number of carbonyl (C=O) groups is 1. The highest BCUT2D eigenvalue weighted by atomic mass is 19.1. The van der Waals surface area contributed by atoms with E-state index < -0.39 is 0 Å². The van der Waals surface area contributed by atoms with Crippen LogP contribution in [0.3, 0.4) is 0 Å². The van der Waals surface area contributed by atoms with Gasteiger partial charge in [0.2, 0.25) is 0 Å². The van der Waals surface area contributed by atoms with E-state index in [1.807, 2.05) is 13.0 Å². The van der Waals surface area contributed by atoms with Crippen LogP contribution >= 0.6 is 0 Å². The molecule has 0 unspecified atom stereocenters. The number of pyridine rings is 1. The van der Waals surface area contributed by atoms with Crippen LogP contribution in [0, 0.1) is 12.7 Å². The Hall–Kier alpha value is -3.78. The lowest BCUT2D eigenvalue weighted by Gasteiger charge is -2.36. The van der Waals surface area contributed by atoms with E-state index in [1.165, 1.54) is 12.1 Å². The second kappa shape index (κ2) is 8.05. The SMILES string of the molecule is Cc1[nH]nc2nc(-c3ccc(O)cc3)cc(C(=O)N3CCNC[C@@H]3c3cccc(F)c3)c12. The molecule has 7 nitrogen and oxygen atoms in total. The number of piperazine rings is 1. The summed E-state index contributed by atoms with van der Waals surface area (Å²) >= 11 is 0. The predicted molar refractivity (Wildman–Crippen MR) is 119 cm³/mol. The Morgan fingerprint density at radius 1 is 1.19 bits per heavy atom. The number of rotatable bonds is 3. The van der Waals surface area contributed by atoms with Crippen LogP contribution in [0.15, 0.2) is 54.6 Å². The lowest BCUT2D eigenvalue weighted by atomic mass is 10.00. The lowest BCUT2D eigenvalue weighted by molar-refractivity contribution is 0.0636. The number of phenols is 1. The predicted octanol–water partition coefficient (Wildman–Crippen LogP) is 3.56. The second-order valence-electron chi connectivity index (χ2n) is 7.92. The lowest BCUT2D eigenvalue weighted by Crippen LogP contribution is -2.48. The zero-order valence-electron chi connectivity index (χ0n) is 17.5. The molecule has 5 rings (SSSR count). The maximum absolute atomic E-state index is 13.9. The summed E-state index contributed by atoms with van der Waals surface area (Å²) in [5.41, 5.74) is 3.80. The zero-order chi connectivity index (χ0) is 22.2. The first-order valence-electron chi connectivity index (χ1n) is 10.4. The Kier molecular flexibility index (Phi) is 5.07. The molecule has 1 atom stereocenters. The molecule has 1 fully saturated rings. The van der Waals surface area contributed by atoms with Crippen molar-refractivity contribution < 1.29 is 14.3 Å². The van der Waals surface area contributed by atoms with Crippen molar-refractivity contribution in [3.63, 3.8) is 0 Å². The fourth-order valence-corrected chi connectivity index (χ4v) is 4.24. The van der Waals surface area contributed by atoms with Crippen LogP contribution in [-0.4, -0.2) is 50.7 Å². The molecule has 0 bridgehead atoms. The average Bonchev–Trinajstić information content (AvgIpc) is 3.19. The standard InChI is InChI=1S/C24H22FN5O2/c1-14-22-19(12-20(27-23(22)29-28-14)15-5-7-18(31)8-6-15)24(32)30-10-9-26-13-21(30)16-3-2-4-17(25)11-16/h2-8,11-12,21,26,31H,9-10,13H2,1H3,(H,27,28,29)/t21-/m1/s1. The van der Waals surface area contributed by atoms with Crippen LogP contribution in [0.2, 0.25) is 0 Å². The highest BCUT2D eigenvalue weighted by molar-refractivity contribution is 6.07. The summed E-state index contributed by atoms with van der Waals surface area (Å²) in [5, 5.41) is 20.8. The summed E-state index contributed by atoms with van der Waals surface area (Å²) in [7, 11) is 0. The number of halogens is 1. The number of nitrogens with zero attached hydrogens (tertiary/aromatic N) is 3. The number of nitrogens with one attached hydrogen (secondary N) is 2. The van der Waals surface area contributed by atoms with Gasteiger partial charge in [0.05, 0.1) is 22.7 Å². The highest BCUT2D eigenvalue weighted by Crippen LogP contribution is 2.31. The topological polar surface area (TPSA) is 94.1 Å². The Labute approximate surface area is 183 Å². The van der Waals surface area contributed by atoms with E-state index in [9.17, 15) is 14.3 Å². The Morgan fingerprint density at radius 2 is 2.00 bits per heavy atom. The van der Waals surface area contributed by atoms with Gasteiger partial charge < -0.3 is 15.3 Å². The summed E-state index contributed by atoms with van der Waals surface area (Å²) < 4.78 is 13.9. The van der Waals surface area contributed by atoms with Gasteiger partial charge in [0.25, 0.3) is 5.91 Å². The van der Waals surface area contributed by atoms with Crippen LogP contribution in [0.1, 0.15) is 27.7 Å². The number of aromatic hydroxyl groups is 1. The number of carbonyl (C=O) groups excluding carboxylic acids is 1. The van der Waals surface area contributed by atoms with E-state index in [-0.39, 0.29) is 23.5 Å². The summed E-state index contributed by atoms with van der Waals surface area (Å²) in [6.07, 6.45) is 0. The molecule has 4 aromatic rings. The molecular formula is C24H22FN5O2. The van der Waals surface area contributed by atoms with Crippen molar-refractivity contribution in [1.29, 1.82) is 0 Å². The van der Waals surface area contributed by atoms with E-state index in [4.69, 9.17) is 0 Å². The molecule has 1 aliphatic heterocycles. The third-order valence-electron chi connectivity index (χ3n) is 5.84. The average molecular weight is 431 g/mol. The second-order valence-corrected chi connectivity index (χ2v) is 7.92. The molecular weight excluding hydrogens is 409 g/mol. The number of benzene rings is 2. The summed E-state index contributed by atoms with van der Waals surface area (Å²) in [4.78, 5) is 20.3. The maximum Gasteiger partial charge on any atom is 0.255 e. The van der Waals surface area contributed by atoms with Crippen molar-refractivity contribution in [2.45, 2.75) is 13.0 Å². The molecule has 3 N–H and O–H groups in total. The fourth-order valence-electron chi connectivity index (χ4n) is 4.24. The number of aromatic nitrogens is 3. The number of hydrogen-bond donors (Lipinski definition) is 3. The molecule has 0 radical (unpaired) electrons. The van der Waals surface area contributed by atoms with Crippen LogP contribution in [0.4, 0.5) is 4.39 Å². The maximum atomic E-state index is 13.9. The third-order valence-corrected chi connectivity index (χ3v) is 5.84. The third kappa shape index (κ3) is 3.58. The molecule has 1 aliphatic rings. The molecule has 0 spiro atoms. The van der Waals surface area contributed by atoms with Gasteiger partial charge in [-0.1, -0.05) is 12.1 Å². The monoisotopic (exact) mass is 431 g/mol. The number of aromatic amines is 1. The van der Waals surface area contributed by atoms with Crippen molar-refractivity contribution >= 4 is 16.9 Å². The van der Waals surface area contributed by atoms with Crippen LogP contribution in [0.25, 0.3) is 22.3 Å². The van der Waals surface area contributed by atoms with Gasteiger partial charge in [-0.3, -0.25) is 9.89 Å². The summed E-state index contributed by atoms with van der Waals surface area (Å²) in [6.45, 7) is 3.55. The normalized spacial score (nSPS) is 16.4. The van der Waals surface area contributed by atoms with Gasteiger partial charge in [0, 0.05) is 30.9 Å². The molecule has 162 valence electrons. The van der Waals surface area contributed by atoms with Gasteiger partial charge in [-0.2, -0.15) is 5.10 Å². The first-order valence-corrected chi connectivity index (χ1v) is 10.4. The number of hydrogen-bond acceptors (Lipinski definition) is 5. The smallest absolute Gasteiger partial charge is 0.255 e. The number of amides is 1. The molecule has 0 saturated carbocycles. The Balaban J connectivity index is 1.61. The quantitative estimate of drug-likeness (QED) is 0.461. The van der Waals surface area contributed by atoms with Gasteiger partial charge in [0.15, 0.2) is 5.65 Å². The van der Waals surface area contributed by atoms with Crippen molar-refractivity contribution in [1.82, 2.24) is 25.4 Å². The largest absolute Gasteiger partial charge is 0.508 e. The number of aryl methyl sites for hydroxylation is 1. The molecule has 32 heavy (non-hydrogen) atoms. The Morgan fingerprint density at radius 3 is 2.78 bits per heavy atom. The van der Waals surface area contributed by atoms with Crippen molar-refractivity contribution in [3.05, 3.63) is 77.2 Å². The van der Waals surface area contributed by atoms with Crippen molar-refractivity contribution in [3.8, 4) is 17.0 Å². The molecule has 8 heteroatoms. The van der Waals surface area contributed by atoms with Gasteiger partial charge >= 0.3 is 0 Å². The van der Waals surface area contributed by atoms with E-state index >= 15 is 0 Å². The summed E-state index contributed by atoms with van der Waals surface area (Å²) in [6, 6.07) is 14.5. The van der Waals surface area contributed by atoms with Gasteiger partial charge in [-0.15, -0.1) is 0 Å². The number of phenolic OH excluding ortho intramolecular Hbond substituents is 1. The molecule has 2 aromatic heterocycles. The Bertz CT molecular complexity index is 1300. The minimum Gasteiger partial charge on any atom is -0.508 e. The van der Waals surface area contributed by atoms with Gasteiger partial charge in [-0.25, -0.2) is 9.37 Å². The molecule has 0 aliphatic carbocycles. The van der Waals surface area contributed by atoms with Gasteiger partial charge in [0.1, 0.15) is 11.6 Å². The van der Waals surface area contributed by atoms with E-state index in [0.29, 0.717) is 41.9 Å². The van der Waals surface area contributed by atoms with Crippen LogP contribution in [-0.2, 0) is 0 Å². The first kappa shape index (κ1) is 20.1. The van der Waals surface area contributed by atoms with Gasteiger partial charge in [-0.05, 0) is 55.0 Å². The highest BCUT2D eigenvalue weighted by Gasteiger charge is 2.31. The van der Waals surface area contributed by atoms with E-state index in [2.05, 4.69) is 20.5 Å². The summed E-state index contributed by atoms with van der Waals surface area (Å²) in [5.74, 6) is -0.328. The minimum absolute atomic E-state index is 0.153. The first-order chi connectivity index (χ1) is 15.5. The number of fused-ring (bicyclic) bond motifs is 1. The van der Waals surface area contributed by atoms with Crippen LogP contribution < -0.4 is 5.32 Å². The zero-order valence-corrected chi connectivity index (χ0v) is 17.5. The molecule has 1 saturated heterocycles.